The Morgan fingerprint density at radius 2 is 1.96 bits per heavy atom. The Labute approximate surface area is 150 Å². The summed E-state index contributed by atoms with van der Waals surface area (Å²) in [6.45, 7) is 6.16. The molecule has 0 aliphatic carbocycles. The van der Waals surface area contributed by atoms with Crippen molar-refractivity contribution in [3.63, 3.8) is 0 Å². The minimum Gasteiger partial charge on any atom is -0.443 e. The molecule has 2 aromatic rings. The van der Waals surface area contributed by atoms with Gasteiger partial charge in [0.15, 0.2) is 0 Å². The smallest absolute Gasteiger partial charge is 0.414 e. The molecule has 3 rings (SSSR count). The lowest BCUT2D eigenvalue weighted by atomic mass is 10.0. The first-order valence-electron chi connectivity index (χ1n) is 7.95. The molecule has 1 aliphatic heterocycles. The first-order valence-corrected chi connectivity index (χ1v) is 8.74. The maximum Gasteiger partial charge on any atom is 0.414 e. The topological polar surface area (TPSA) is 41.6 Å². The molecule has 5 heteroatoms. The fourth-order valence-electron chi connectivity index (χ4n) is 2.75. The standard InChI is InChI=1S/C19H21BrN2O2/c1-19(2,3)24-18(23)22-12-16(13-7-6-8-14(20)11-13)21-15-9-4-5-10-17(15)22/h4-11,16,21H,12H2,1-3H3. The van der Waals surface area contributed by atoms with Gasteiger partial charge in [-0.3, -0.25) is 4.90 Å². The van der Waals surface area contributed by atoms with Crippen molar-refractivity contribution < 1.29 is 9.53 Å². The molecule has 0 spiro atoms. The van der Waals surface area contributed by atoms with Gasteiger partial charge in [0, 0.05) is 4.47 Å². The van der Waals surface area contributed by atoms with E-state index in [1.165, 1.54) is 0 Å². The Kier molecular flexibility index (Phi) is 4.54. The molecule has 0 saturated carbocycles. The van der Waals surface area contributed by atoms with Crippen LogP contribution in [0.25, 0.3) is 0 Å². The van der Waals surface area contributed by atoms with Crippen molar-refractivity contribution in [1.82, 2.24) is 0 Å². The Morgan fingerprint density at radius 1 is 1.21 bits per heavy atom. The minimum absolute atomic E-state index is 0.00455. The normalized spacial score (nSPS) is 17.0. The minimum atomic E-state index is -0.526. The van der Waals surface area contributed by atoms with Gasteiger partial charge in [-0.05, 0) is 50.6 Å². The highest BCUT2D eigenvalue weighted by molar-refractivity contribution is 9.10. The second-order valence-corrected chi connectivity index (χ2v) is 7.78. The predicted octanol–water partition coefficient (Wildman–Crippen LogP) is 5.36. The van der Waals surface area contributed by atoms with Crippen molar-refractivity contribution in [1.29, 1.82) is 0 Å². The summed E-state index contributed by atoms with van der Waals surface area (Å²) in [5.41, 5.74) is 2.37. The van der Waals surface area contributed by atoms with E-state index in [9.17, 15) is 4.79 Å². The lowest BCUT2D eigenvalue weighted by Gasteiger charge is -2.36. The van der Waals surface area contributed by atoms with E-state index in [0.29, 0.717) is 6.54 Å². The molecular formula is C19H21BrN2O2. The van der Waals surface area contributed by atoms with Gasteiger partial charge in [0.1, 0.15) is 5.60 Å². The summed E-state index contributed by atoms with van der Waals surface area (Å²) in [7, 11) is 0. The fourth-order valence-corrected chi connectivity index (χ4v) is 3.16. The summed E-state index contributed by atoms with van der Waals surface area (Å²) >= 11 is 3.51. The number of carbonyl (C=O) groups is 1. The lowest BCUT2D eigenvalue weighted by Crippen LogP contribution is -2.43. The van der Waals surface area contributed by atoms with Crippen LogP contribution in [0.2, 0.25) is 0 Å². The highest BCUT2D eigenvalue weighted by Gasteiger charge is 2.31. The van der Waals surface area contributed by atoms with Crippen LogP contribution in [0, 0.1) is 0 Å². The summed E-state index contributed by atoms with van der Waals surface area (Å²) < 4.78 is 6.61. The van der Waals surface area contributed by atoms with Gasteiger partial charge >= 0.3 is 6.09 Å². The van der Waals surface area contributed by atoms with Crippen LogP contribution < -0.4 is 10.2 Å². The third kappa shape index (κ3) is 3.73. The molecule has 0 bridgehead atoms. The van der Waals surface area contributed by atoms with Gasteiger partial charge in [-0.1, -0.05) is 40.2 Å². The van der Waals surface area contributed by atoms with Gasteiger partial charge < -0.3 is 10.1 Å². The zero-order valence-electron chi connectivity index (χ0n) is 14.0. The van der Waals surface area contributed by atoms with E-state index in [2.05, 4.69) is 33.4 Å². The average molecular weight is 389 g/mol. The molecule has 1 unspecified atom stereocenters. The molecule has 0 fully saturated rings. The van der Waals surface area contributed by atoms with E-state index in [1.54, 1.807) is 4.90 Å². The first kappa shape index (κ1) is 16.8. The molecule has 0 radical (unpaired) electrons. The van der Waals surface area contributed by atoms with Crippen molar-refractivity contribution in [2.24, 2.45) is 0 Å². The highest BCUT2D eigenvalue weighted by atomic mass is 79.9. The van der Waals surface area contributed by atoms with Crippen molar-refractivity contribution in [3.05, 3.63) is 58.6 Å². The molecule has 1 atom stereocenters. The van der Waals surface area contributed by atoms with Crippen molar-refractivity contribution in [2.75, 3.05) is 16.8 Å². The van der Waals surface area contributed by atoms with Crippen LogP contribution in [-0.2, 0) is 4.74 Å². The van der Waals surface area contributed by atoms with Gasteiger partial charge in [-0.2, -0.15) is 0 Å². The second-order valence-electron chi connectivity index (χ2n) is 6.86. The number of anilines is 2. The fraction of sp³-hybridized carbons (Fsp3) is 0.316. The summed E-state index contributed by atoms with van der Waals surface area (Å²) in [6, 6.07) is 15.9. The average Bonchev–Trinajstić information content (AvgIpc) is 2.52. The van der Waals surface area contributed by atoms with E-state index in [4.69, 9.17) is 4.74 Å². The Hall–Kier alpha value is -2.01. The molecule has 24 heavy (non-hydrogen) atoms. The zero-order chi connectivity index (χ0) is 17.3. The van der Waals surface area contributed by atoms with Crippen LogP contribution in [0.4, 0.5) is 16.2 Å². The molecule has 1 heterocycles. The number of nitrogens with zero attached hydrogens (tertiary/aromatic N) is 1. The van der Waals surface area contributed by atoms with Crippen molar-refractivity contribution in [3.8, 4) is 0 Å². The number of rotatable bonds is 1. The Balaban J connectivity index is 1.94. The second kappa shape index (κ2) is 6.48. The Bertz CT molecular complexity index is 755. The van der Waals surface area contributed by atoms with Crippen LogP contribution in [0.5, 0.6) is 0 Å². The number of hydrogen-bond acceptors (Lipinski definition) is 3. The molecule has 126 valence electrons. The molecule has 4 nitrogen and oxygen atoms in total. The largest absolute Gasteiger partial charge is 0.443 e. The maximum absolute atomic E-state index is 12.7. The number of halogens is 1. The van der Waals surface area contributed by atoms with Crippen LogP contribution in [0.15, 0.2) is 53.0 Å². The van der Waals surface area contributed by atoms with Gasteiger partial charge in [-0.15, -0.1) is 0 Å². The molecular weight excluding hydrogens is 368 g/mol. The lowest BCUT2D eigenvalue weighted by molar-refractivity contribution is 0.0577. The SMILES string of the molecule is CC(C)(C)OC(=O)N1CC(c2cccc(Br)c2)Nc2ccccc21. The van der Waals surface area contributed by atoms with Crippen LogP contribution in [0.3, 0.4) is 0 Å². The number of benzene rings is 2. The van der Waals surface area contributed by atoms with E-state index in [0.717, 1.165) is 21.4 Å². The summed E-state index contributed by atoms with van der Waals surface area (Å²) in [4.78, 5) is 14.4. The van der Waals surface area contributed by atoms with Gasteiger partial charge in [0.05, 0.1) is 24.0 Å². The predicted molar refractivity (Wildman–Crippen MR) is 101 cm³/mol. The molecule has 1 aliphatic rings. The third-order valence-corrected chi connectivity index (χ3v) is 4.25. The molecule has 0 aromatic heterocycles. The van der Waals surface area contributed by atoms with Crippen molar-refractivity contribution in [2.45, 2.75) is 32.4 Å². The van der Waals surface area contributed by atoms with E-state index >= 15 is 0 Å². The summed E-state index contributed by atoms with van der Waals surface area (Å²) in [6.07, 6.45) is -0.323. The van der Waals surface area contributed by atoms with E-state index in [-0.39, 0.29) is 12.1 Å². The molecule has 0 saturated heterocycles. The Morgan fingerprint density at radius 3 is 2.67 bits per heavy atom. The van der Waals surface area contributed by atoms with E-state index in [1.807, 2.05) is 57.2 Å². The van der Waals surface area contributed by atoms with Crippen LogP contribution >= 0.6 is 15.9 Å². The monoisotopic (exact) mass is 388 g/mol. The zero-order valence-corrected chi connectivity index (χ0v) is 15.6. The first-order chi connectivity index (χ1) is 11.3. The number of hydrogen-bond donors (Lipinski definition) is 1. The van der Waals surface area contributed by atoms with Crippen molar-refractivity contribution >= 4 is 33.4 Å². The van der Waals surface area contributed by atoms with Gasteiger partial charge in [0.25, 0.3) is 0 Å². The number of fused-ring (bicyclic) bond motifs is 1. The molecule has 1 N–H and O–H groups in total. The van der Waals surface area contributed by atoms with Crippen LogP contribution in [-0.4, -0.2) is 18.2 Å². The number of carbonyl (C=O) groups excluding carboxylic acids is 1. The number of para-hydroxylation sites is 2. The summed E-state index contributed by atoms with van der Waals surface area (Å²) in [5.74, 6) is 0. The van der Waals surface area contributed by atoms with E-state index < -0.39 is 5.60 Å². The number of nitrogens with one attached hydrogen (secondary N) is 1. The van der Waals surface area contributed by atoms with Crippen LogP contribution in [0.1, 0.15) is 32.4 Å². The number of ether oxygens (including phenoxy) is 1. The molecule has 2 aromatic carbocycles. The molecule has 1 amide bonds. The van der Waals surface area contributed by atoms with Gasteiger partial charge in [0.2, 0.25) is 0 Å². The highest BCUT2D eigenvalue weighted by Crippen LogP contribution is 2.36. The quantitative estimate of drug-likeness (QED) is 0.714. The number of amides is 1. The summed E-state index contributed by atoms with van der Waals surface area (Å²) in [5, 5.41) is 3.52. The third-order valence-electron chi connectivity index (χ3n) is 3.75. The maximum atomic E-state index is 12.7. The van der Waals surface area contributed by atoms with Gasteiger partial charge in [-0.25, -0.2) is 4.79 Å².